The number of halogens is 1. The molecule has 0 atom stereocenters. The van der Waals surface area contributed by atoms with E-state index in [0.29, 0.717) is 19.7 Å². The molecule has 0 aliphatic carbocycles. The normalized spacial score (nSPS) is 10.6. The SMILES string of the molecule is CCOC(=O)CN(CC)Cc1ccc(OC)c(F)c1. The molecule has 19 heavy (non-hydrogen) atoms. The molecule has 0 N–H and O–H groups in total. The number of likely N-dealkylation sites (N-methyl/N-ethyl adjacent to an activating group) is 1. The molecule has 4 nitrogen and oxygen atoms in total. The van der Waals surface area contributed by atoms with Crippen LogP contribution in [0.5, 0.6) is 5.75 Å². The van der Waals surface area contributed by atoms with Gasteiger partial charge in [0.2, 0.25) is 0 Å². The van der Waals surface area contributed by atoms with Gasteiger partial charge in [0.15, 0.2) is 11.6 Å². The Morgan fingerprint density at radius 3 is 2.63 bits per heavy atom. The highest BCUT2D eigenvalue weighted by Crippen LogP contribution is 2.18. The topological polar surface area (TPSA) is 38.8 Å². The molecular weight excluding hydrogens is 249 g/mol. The van der Waals surface area contributed by atoms with Crippen LogP contribution in [0.15, 0.2) is 18.2 Å². The van der Waals surface area contributed by atoms with Crippen LogP contribution in [-0.2, 0) is 16.1 Å². The van der Waals surface area contributed by atoms with Gasteiger partial charge in [-0.05, 0) is 31.2 Å². The monoisotopic (exact) mass is 269 g/mol. The molecule has 0 saturated carbocycles. The number of rotatable bonds is 7. The van der Waals surface area contributed by atoms with Crippen molar-refractivity contribution in [3.05, 3.63) is 29.6 Å². The smallest absolute Gasteiger partial charge is 0.320 e. The Hall–Kier alpha value is -1.62. The Balaban J connectivity index is 2.65. The molecule has 106 valence electrons. The van der Waals surface area contributed by atoms with Crippen molar-refractivity contribution in [1.29, 1.82) is 0 Å². The average Bonchev–Trinajstić information content (AvgIpc) is 2.38. The van der Waals surface area contributed by atoms with Crippen molar-refractivity contribution in [1.82, 2.24) is 4.90 Å². The van der Waals surface area contributed by atoms with E-state index in [-0.39, 0.29) is 18.3 Å². The van der Waals surface area contributed by atoms with Crippen molar-refractivity contribution in [2.24, 2.45) is 0 Å². The Kier molecular flexibility index (Phi) is 6.29. The van der Waals surface area contributed by atoms with Crippen molar-refractivity contribution >= 4 is 5.97 Å². The molecule has 0 fully saturated rings. The molecule has 0 aromatic heterocycles. The molecule has 0 aliphatic heterocycles. The second-order valence-corrected chi connectivity index (χ2v) is 4.08. The van der Waals surface area contributed by atoms with E-state index in [1.54, 1.807) is 19.1 Å². The number of hydrogen-bond donors (Lipinski definition) is 0. The summed E-state index contributed by atoms with van der Waals surface area (Å²) in [5, 5.41) is 0. The third kappa shape index (κ3) is 4.87. The number of carbonyl (C=O) groups is 1. The highest BCUT2D eigenvalue weighted by Gasteiger charge is 2.11. The number of benzene rings is 1. The van der Waals surface area contributed by atoms with E-state index in [9.17, 15) is 9.18 Å². The molecule has 0 bridgehead atoms. The van der Waals surface area contributed by atoms with Crippen LogP contribution >= 0.6 is 0 Å². The van der Waals surface area contributed by atoms with Gasteiger partial charge < -0.3 is 9.47 Å². The van der Waals surface area contributed by atoms with Gasteiger partial charge in [0.05, 0.1) is 20.3 Å². The molecule has 0 saturated heterocycles. The minimum absolute atomic E-state index is 0.206. The zero-order chi connectivity index (χ0) is 14.3. The number of hydrogen-bond acceptors (Lipinski definition) is 4. The van der Waals surface area contributed by atoms with E-state index >= 15 is 0 Å². The predicted octanol–water partition coefficient (Wildman–Crippen LogP) is 2.22. The minimum Gasteiger partial charge on any atom is -0.494 e. The Morgan fingerprint density at radius 2 is 2.11 bits per heavy atom. The number of ether oxygens (including phenoxy) is 2. The molecule has 0 spiro atoms. The molecule has 1 rings (SSSR count). The van der Waals surface area contributed by atoms with Crippen molar-refractivity contribution in [3.8, 4) is 5.75 Å². The quantitative estimate of drug-likeness (QED) is 0.711. The first-order valence-electron chi connectivity index (χ1n) is 6.31. The van der Waals surface area contributed by atoms with Crippen LogP contribution < -0.4 is 4.74 Å². The van der Waals surface area contributed by atoms with Gasteiger partial charge in [-0.3, -0.25) is 9.69 Å². The predicted molar refractivity (Wildman–Crippen MR) is 70.5 cm³/mol. The van der Waals surface area contributed by atoms with Gasteiger partial charge >= 0.3 is 5.97 Å². The van der Waals surface area contributed by atoms with Crippen LogP contribution in [0.2, 0.25) is 0 Å². The van der Waals surface area contributed by atoms with Crippen LogP contribution in [0, 0.1) is 5.82 Å². The van der Waals surface area contributed by atoms with Crippen LogP contribution in [0.25, 0.3) is 0 Å². The molecule has 0 unspecified atom stereocenters. The number of nitrogens with zero attached hydrogens (tertiary/aromatic N) is 1. The van der Waals surface area contributed by atoms with Crippen molar-refractivity contribution in [2.45, 2.75) is 20.4 Å². The fourth-order valence-electron chi connectivity index (χ4n) is 1.74. The van der Waals surface area contributed by atoms with Crippen LogP contribution in [0.3, 0.4) is 0 Å². The zero-order valence-electron chi connectivity index (χ0n) is 11.6. The molecule has 0 aliphatic rings. The number of esters is 1. The molecular formula is C14H20FNO3. The Labute approximate surface area is 113 Å². The van der Waals surface area contributed by atoms with Gasteiger partial charge in [0.1, 0.15) is 0 Å². The lowest BCUT2D eigenvalue weighted by atomic mass is 10.2. The van der Waals surface area contributed by atoms with E-state index in [2.05, 4.69) is 0 Å². The van der Waals surface area contributed by atoms with E-state index in [0.717, 1.165) is 5.56 Å². The molecule has 0 heterocycles. The largest absolute Gasteiger partial charge is 0.494 e. The van der Waals surface area contributed by atoms with Gasteiger partial charge in [0, 0.05) is 6.54 Å². The van der Waals surface area contributed by atoms with Crippen molar-refractivity contribution in [2.75, 3.05) is 26.8 Å². The summed E-state index contributed by atoms with van der Waals surface area (Å²) >= 11 is 0. The van der Waals surface area contributed by atoms with Gasteiger partial charge in [-0.25, -0.2) is 4.39 Å². The van der Waals surface area contributed by atoms with Gasteiger partial charge in [-0.1, -0.05) is 13.0 Å². The second kappa shape index (κ2) is 7.74. The maximum atomic E-state index is 13.6. The summed E-state index contributed by atoms with van der Waals surface area (Å²) in [5.41, 5.74) is 0.796. The lowest BCUT2D eigenvalue weighted by Gasteiger charge is -2.19. The third-order valence-corrected chi connectivity index (χ3v) is 2.73. The maximum Gasteiger partial charge on any atom is 0.320 e. The Morgan fingerprint density at radius 1 is 1.37 bits per heavy atom. The molecule has 5 heteroatoms. The van der Waals surface area contributed by atoms with E-state index in [1.165, 1.54) is 13.2 Å². The first-order valence-corrected chi connectivity index (χ1v) is 6.31. The fraction of sp³-hybridized carbons (Fsp3) is 0.500. The fourth-order valence-corrected chi connectivity index (χ4v) is 1.74. The average molecular weight is 269 g/mol. The van der Waals surface area contributed by atoms with E-state index in [1.807, 2.05) is 11.8 Å². The van der Waals surface area contributed by atoms with E-state index in [4.69, 9.17) is 9.47 Å². The first kappa shape index (κ1) is 15.4. The number of methoxy groups -OCH3 is 1. The lowest BCUT2D eigenvalue weighted by molar-refractivity contribution is -0.144. The summed E-state index contributed by atoms with van der Waals surface area (Å²) in [6, 6.07) is 4.80. The molecule has 0 radical (unpaired) electrons. The minimum atomic E-state index is -0.396. The highest BCUT2D eigenvalue weighted by atomic mass is 19.1. The standard InChI is InChI=1S/C14H20FNO3/c1-4-16(10-14(17)19-5-2)9-11-6-7-13(18-3)12(15)8-11/h6-8H,4-5,9-10H2,1-3H3. The lowest BCUT2D eigenvalue weighted by Crippen LogP contribution is -2.30. The van der Waals surface area contributed by atoms with Crippen LogP contribution in [-0.4, -0.2) is 37.7 Å². The van der Waals surface area contributed by atoms with Crippen molar-refractivity contribution < 1.29 is 18.7 Å². The van der Waals surface area contributed by atoms with Crippen LogP contribution in [0.4, 0.5) is 4.39 Å². The highest BCUT2D eigenvalue weighted by molar-refractivity contribution is 5.71. The van der Waals surface area contributed by atoms with Crippen molar-refractivity contribution in [3.63, 3.8) is 0 Å². The summed E-state index contributed by atoms with van der Waals surface area (Å²) in [4.78, 5) is 13.3. The second-order valence-electron chi connectivity index (χ2n) is 4.08. The zero-order valence-corrected chi connectivity index (χ0v) is 11.6. The molecule has 1 aromatic rings. The Bertz CT molecular complexity index is 423. The first-order chi connectivity index (χ1) is 9.10. The molecule has 0 amide bonds. The van der Waals surface area contributed by atoms with Gasteiger partial charge in [-0.2, -0.15) is 0 Å². The van der Waals surface area contributed by atoms with Crippen LogP contribution in [0.1, 0.15) is 19.4 Å². The van der Waals surface area contributed by atoms with Gasteiger partial charge in [-0.15, -0.1) is 0 Å². The summed E-state index contributed by atoms with van der Waals surface area (Å²) in [7, 11) is 1.43. The maximum absolute atomic E-state index is 13.6. The summed E-state index contributed by atoms with van der Waals surface area (Å²) < 4.78 is 23.3. The molecule has 1 aromatic carbocycles. The third-order valence-electron chi connectivity index (χ3n) is 2.73. The van der Waals surface area contributed by atoms with E-state index < -0.39 is 5.82 Å². The summed E-state index contributed by atoms with van der Waals surface area (Å²) in [6.45, 7) is 5.47. The number of carbonyl (C=O) groups excluding carboxylic acids is 1. The summed E-state index contributed by atoms with van der Waals surface area (Å²) in [5.74, 6) is -0.442. The van der Waals surface area contributed by atoms with Gasteiger partial charge in [0.25, 0.3) is 0 Å². The summed E-state index contributed by atoms with van der Waals surface area (Å²) in [6.07, 6.45) is 0.